The van der Waals surface area contributed by atoms with Crippen molar-refractivity contribution in [3.05, 3.63) is 156 Å². The monoisotopic (exact) mass is 666 g/mol. The smallest absolute Gasteiger partial charge is 0.165 e. The Kier molecular flexibility index (Phi) is 7.18. The van der Waals surface area contributed by atoms with E-state index in [0.29, 0.717) is 11.6 Å². The fraction of sp³-hybridized carbons (Fsp3) is 0.200. The summed E-state index contributed by atoms with van der Waals surface area (Å²) in [4.78, 5) is 20.5. The van der Waals surface area contributed by atoms with Gasteiger partial charge < -0.3 is 0 Å². The van der Waals surface area contributed by atoms with E-state index in [0.717, 1.165) is 35.5 Å². The van der Waals surface area contributed by atoms with Crippen LogP contribution in [0.4, 0.5) is 0 Å². The molecule has 3 aromatic heterocycles. The van der Waals surface area contributed by atoms with Crippen molar-refractivity contribution in [2.75, 3.05) is 0 Å². The van der Waals surface area contributed by atoms with E-state index >= 15 is 0 Å². The Hall–Kier alpha value is -5.26. The van der Waals surface area contributed by atoms with E-state index in [1.165, 1.54) is 48.0 Å². The molecule has 0 spiro atoms. The zero-order valence-corrected chi connectivity index (χ0v) is 29.6. The van der Waals surface area contributed by atoms with Gasteiger partial charge in [-0.25, -0.2) is 15.0 Å². The lowest BCUT2D eigenvalue weighted by atomic mass is 9.81. The van der Waals surface area contributed by atoms with Crippen molar-refractivity contribution in [2.45, 2.75) is 57.3 Å². The van der Waals surface area contributed by atoms with Gasteiger partial charge in [0.15, 0.2) is 11.6 Å². The largest absolute Gasteiger partial charge is 0.257 e. The van der Waals surface area contributed by atoms with E-state index in [9.17, 15) is 0 Å². The molecule has 1 atom stereocenters. The average molecular weight is 667 g/mol. The predicted octanol–water partition coefficient (Wildman–Crippen LogP) is 11.6. The molecule has 2 aliphatic carbocycles. The standard InChI is InChI=1S/C45H38N4S/c1-44(2)27-45(3,4)37-26-29(20-21-36(37)44)30-23-31(38-18-10-11-22-46-38)25-32(24-30)42-47-41(28-13-6-5-7-14-28)48-43(49-42)35-17-12-16-34-33-15-8-9-19-39(33)50-40(34)35/h5-24,26,32H,25,27H2,1-4H3. The minimum absolute atomic E-state index is 0.0736. The zero-order valence-electron chi connectivity index (χ0n) is 28.8. The lowest BCUT2D eigenvalue weighted by Crippen LogP contribution is -2.18. The van der Waals surface area contributed by atoms with Gasteiger partial charge in [0.05, 0.1) is 5.69 Å². The van der Waals surface area contributed by atoms with Crippen LogP contribution in [-0.2, 0) is 10.8 Å². The molecular weight excluding hydrogens is 629 g/mol. The Morgan fingerprint density at radius 2 is 1.42 bits per heavy atom. The van der Waals surface area contributed by atoms with Crippen LogP contribution in [0.25, 0.3) is 54.1 Å². The van der Waals surface area contributed by atoms with Crippen molar-refractivity contribution in [3.8, 4) is 22.8 Å². The Labute approximate surface area is 297 Å². The van der Waals surface area contributed by atoms with Gasteiger partial charge in [0.1, 0.15) is 5.82 Å². The lowest BCUT2D eigenvalue weighted by molar-refractivity contribution is 0.403. The van der Waals surface area contributed by atoms with Gasteiger partial charge in [-0.2, -0.15) is 0 Å². The van der Waals surface area contributed by atoms with E-state index in [1.54, 1.807) is 11.3 Å². The summed E-state index contributed by atoms with van der Waals surface area (Å²) in [7, 11) is 0. The van der Waals surface area contributed by atoms with Crippen molar-refractivity contribution in [1.82, 2.24) is 19.9 Å². The summed E-state index contributed by atoms with van der Waals surface area (Å²) in [5.41, 5.74) is 9.75. The van der Waals surface area contributed by atoms with E-state index in [-0.39, 0.29) is 16.7 Å². The SMILES string of the molecule is CC1(C)CC(C)(C)c2cc(C3=CC(c4nc(-c5ccccc5)nc(-c5cccc6c5sc5ccccc56)n4)CC(c4ccccn4)=C3)ccc21. The Balaban J connectivity index is 1.23. The molecule has 7 aromatic rings. The quantitative estimate of drug-likeness (QED) is 0.183. The summed E-state index contributed by atoms with van der Waals surface area (Å²) < 4.78 is 2.46. The van der Waals surface area contributed by atoms with Gasteiger partial charge in [-0.3, -0.25) is 4.98 Å². The second-order valence-electron chi connectivity index (χ2n) is 15.0. The molecule has 1 unspecified atom stereocenters. The van der Waals surface area contributed by atoms with Crippen LogP contribution in [0.3, 0.4) is 0 Å². The van der Waals surface area contributed by atoms with Crippen LogP contribution in [0, 0.1) is 0 Å². The molecule has 0 amide bonds. The molecule has 0 aliphatic heterocycles. The molecule has 0 bridgehead atoms. The topological polar surface area (TPSA) is 51.6 Å². The molecule has 0 saturated carbocycles. The van der Waals surface area contributed by atoms with Gasteiger partial charge in [-0.1, -0.05) is 119 Å². The molecule has 0 N–H and O–H groups in total. The number of allylic oxidation sites excluding steroid dienone is 4. The number of thiophene rings is 1. The van der Waals surface area contributed by atoms with Crippen LogP contribution >= 0.6 is 11.3 Å². The lowest BCUT2D eigenvalue weighted by Gasteiger charge is -2.23. The minimum Gasteiger partial charge on any atom is -0.257 e. The molecule has 2 aliphatic rings. The number of fused-ring (bicyclic) bond motifs is 4. The molecule has 9 rings (SSSR count). The Bertz CT molecular complexity index is 2490. The van der Waals surface area contributed by atoms with Crippen molar-refractivity contribution in [1.29, 1.82) is 0 Å². The van der Waals surface area contributed by atoms with Gasteiger partial charge in [-0.15, -0.1) is 11.3 Å². The van der Waals surface area contributed by atoms with Crippen molar-refractivity contribution in [3.63, 3.8) is 0 Å². The van der Waals surface area contributed by atoms with E-state index in [1.807, 2.05) is 30.5 Å². The van der Waals surface area contributed by atoms with Crippen molar-refractivity contribution in [2.24, 2.45) is 0 Å². The molecule has 5 heteroatoms. The number of benzene rings is 4. The maximum absolute atomic E-state index is 5.32. The van der Waals surface area contributed by atoms with Crippen molar-refractivity contribution < 1.29 is 0 Å². The van der Waals surface area contributed by atoms with Crippen LogP contribution in [0.5, 0.6) is 0 Å². The normalized spacial score (nSPS) is 17.8. The highest BCUT2D eigenvalue weighted by Gasteiger charge is 2.42. The zero-order chi connectivity index (χ0) is 34.0. The Morgan fingerprint density at radius 1 is 0.660 bits per heavy atom. The third-order valence-electron chi connectivity index (χ3n) is 10.5. The van der Waals surface area contributed by atoms with Crippen LogP contribution in [-0.4, -0.2) is 19.9 Å². The second kappa shape index (κ2) is 11.7. The summed E-state index contributed by atoms with van der Waals surface area (Å²) in [5, 5.41) is 2.49. The van der Waals surface area contributed by atoms with Crippen LogP contribution in [0.15, 0.2) is 128 Å². The first-order valence-corrected chi connectivity index (χ1v) is 18.3. The van der Waals surface area contributed by atoms with E-state index < -0.39 is 0 Å². The van der Waals surface area contributed by atoms with Gasteiger partial charge >= 0.3 is 0 Å². The van der Waals surface area contributed by atoms with Crippen LogP contribution in [0.1, 0.15) is 74.7 Å². The fourth-order valence-corrected chi connectivity index (χ4v) is 9.58. The second-order valence-corrected chi connectivity index (χ2v) is 16.1. The summed E-state index contributed by atoms with van der Waals surface area (Å²) in [5.74, 6) is 2.09. The summed E-state index contributed by atoms with van der Waals surface area (Å²) in [6.45, 7) is 9.51. The van der Waals surface area contributed by atoms with E-state index in [2.05, 4.69) is 125 Å². The first-order valence-electron chi connectivity index (χ1n) is 17.4. The maximum Gasteiger partial charge on any atom is 0.165 e. The third kappa shape index (κ3) is 5.28. The van der Waals surface area contributed by atoms with Gasteiger partial charge in [0, 0.05) is 43.4 Å². The fourth-order valence-electron chi connectivity index (χ4n) is 8.37. The highest BCUT2D eigenvalue weighted by atomic mass is 32.1. The number of nitrogens with zero attached hydrogens (tertiary/aromatic N) is 4. The van der Waals surface area contributed by atoms with Crippen LogP contribution < -0.4 is 0 Å². The van der Waals surface area contributed by atoms with Gasteiger partial charge in [0.2, 0.25) is 0 Å². The molecule has 244 valence electrons. The number of hydrogen-bond acceptors (Lipinski definition) is 5. The number of aromatic nitrogens is 4. The first kappa shape index (κ1) is 30.8. The highest BCUT2D eigenvalue weighted by molar-refractivity contribution is 7.26. The van der Waals surface area contributed by atoms with Crippen LogP contribution in [0.2, 0.25) is 0 Å². The van der Waals surface area contributed by atoms with Gasteiger partial charge in [0.25, 0.3) is 0 Å². The molecular formula is C45H38N4S. The minimum atomic E-state index is -0.0736. The Morgan fingerprint density at radius 3 is 2.26 bits per heavy atom. The summed E-state index contributed by atoms with van der Waals surface area (Å²) in [6.07, 6.45) is 8.46. The molecule has 3 heterocycles. The number of rotatable bonds is 5. The maximum atomic E-state index is 5.32. The molecule has 50 heavy (non-hydrogen) atoms. The predicted molar refractivity (Wildman–Crippen MR) is 208 cm³/mol. The first-order chi connectivity index (χ1) is 24.2. The average Bonchev–Trinajstić information content (AvgIpc) is 3.62. The number of pyridine rings is 1. The third-order valence-corrected chi connectivity index (χ3v) is 11.7. The molecule has 0 fully saturated rings. The van der Waals surface area contributed by atoms with E-state index in [4.69, 9.17) is 19.9 Å². The van der Waals surface area contributed by atoms with Crippen molar-refractivity contribution >= 4 is 42.7 Å². The number of hydrogen-bond donors (Lipinski definition) is 0. The highest BCUT2D eigenvalue weighted by Crippen LogP contribution is 2.50. The molecule has 0 saturated heterocycles. The summed E-state index contributed by atoms with van der Waals surface area (Å²) >= 11 is 1.80. The summed E-state index contributed by atoms with van der Waals surface area (Å²) in [6, 6.07) is 38.6. The molecule has 4 nitrogen and oxygen atoms in total. The molecule has 4 aromatic carbocycles. The molecule has 0 radical (unpaired) electrons. The van der Waals surface area contributed by atoms with Gasteiger partial charge in [-0.05, 0) is 81.8 Å².